The Kier molecular flexibility index (Phi) is 3.81. The smallest absolute Gasteiger partial charge is 0.230 e. The van der Waals surface area contributed by atoms with Crippen LogP contribution in [0.1, 0.15) is 25.1 Å². The maximum absolute atomic E-state index is 5.83. The van der Waals surface area contributed by atoms with Crippen molar-refractivity contribution in [2.75, 3.05) is 23.7 Å². The molecule has 4 rings (SSSR count). The lowest BCUT2D eigenvalue weighted by atomic mass is 10.1. The van der Waals surface area contributed by atoms with Crippen LogP contribution in [0.3, 0.4) is 0 Å². The first-order valence-electron chi connectivity index (χ1n) is 7.99. The van der Waals surface area contributed by atoms with E-state index in [0.29, 0.717) is 11.8 Å². The number of piperidine rings is 1. The third-order valence-electron chi connectivity index (χ3n) is 3.96. The summed E-state index contributed by atoms with van der Waals surface area (Å²) in [5.41, 5.74) is 7.38. The molecule has 1 fully saturated rings. The average Bonchev–Trinajstić information content (AvgIpc) is 3.03. The van der Waals surface area contributed by atoms with Crippen molar-refractivity contribution in [2.24, 2.45) is 0 Å². The molecule has 1 aromatic carbocycles. The van der Waals surface area contributed by atoms with Crippen LogP contribution in [0.15, 0.2) is 24.3 Å². The monoisotopic (exact) mass is 326 g/mol. The summed E-state index contributed by atoms with van der Waals surface area (Å²) in [6.45, 7) is 2.02. The Labute approximate surface area is 138 Å². The maximum atomic E-state index is 5.83. The number of nitrogens with two attached hydrogens (primary N) is 1. The standard InChI is InChI=1S/C15H18N8O/c16-14-17-13(18-15(19-14)22-8-4-1-5-9-22)10-24-23-12-7-3-2-6-11(12)20-21-23/h2-3,6-7H,1,4-5,8-10H2,(H2,16,17,18,19). The Morgan fingerprint density at radius 1 is 1.04 bits per heavy atom. The van der Waals surface area contributed by atoms with Gasteiger partial charge in [0, 0.05) is 13.1 Å². The highest BCUT2D eigenvalue weighted by atomic mass is 16.7. The Hall–Kier alpha value is -2.97. The Balaban J connectivity index is 1.52. The van der Waals surface area contributed by atoms with Crippen LogP contribution >= 0.6 is 0 Å². The van der Waals surface area contributed by atoms with Crippen LogP contribution in [-0.2, 0) is 6.61 Å². The van der Waals surface area contributed by atoms with E-state index in [1.807, 2.05) is 24.3 Å². The summed E-state index contributed by atoms with van der Waals surface area (Å²) in [4.78, 5) is 22.0. The Morgan fingerprint density at radius 3 is 2.75 bits per heavy atom. The largest absolute Gasteiger partial charge is 0.387 e. The van der Waals surface area contributed by atoms with E-state index in [-0.39, 0.29) is 12.6 Å². The van der Waals surface area contributed by atoms with Crippen molar-refractivity contribution in [1.82, 2.24) is 30.1 Å². The summed E-state index contributed by atoms with van der Waals surface area (Å²) >= 11 is 0. The lowest BCUT2D eigenvalue weighted by molar-refractivity contribution is 0.0709. The summed E-state index contributed by atoms with van der Waals surface area (Å²) in [5, 5.41) is 8.02. The van der Waals surface area contributed by atoms with Crippen LogP contribution in [0.25, 0.3) is 11.0 Å². The van der Waals surface area contributed by atoms with Gasteiger partial charge in [0.05, 0.1) is 0 Å². The van der Waals surface area contributed by atoms with Crippen molar-refractivity contribution >= 4 is 22.9 Å². The van der Waals surface area contributed by atoms with Gasteiger partial charge in [-0.3, -0.25) is 0 Å². The summed E-state index contributed by atoms with van der Waals surface area (Å²) < 4.78 is 0. The van der Waals surface area contributed by atoms with Gasteiger partial charge in [0.25, 0.3) is 0 Å². The van der Waals surface area contributed by atoms with E-state index in [4.69, 9.17) is 10.6 Å². The molecule has 0 aliphatic carbocycles. The molecule has 3 aromatic rings. The first-order chi connectivity index (χ1) is 11.8. The molecule has 124 valence electrons. The fourth-order valence-corrected chi connectivity index (χ4v) is 2.79. The molecule has 0 unspecified atom stereocenters. The van der Waals surface area contributed by atoms with Crippen molar-refractivity contribution in [3.8, 4) is 0 Å². The third kappa shape index (κ3) is 2.92. The first kappa shape index (κ1) is 14.6. The molecule has 2 aromatic heterocycles. The Morgan fingerprint density at radius 2 is 1.88 bits per heavy atom. The van der Waals surface area contributed by atoms with Crippen molar-refractivity contribution in [3.05, 3.63) is 30.1 Å². The zero-order valence-corrected chi connectivity index (χ0v) is 13.2. The van der Waals surface area contributed by atoms with Gasteiger partial charge >= 0.3 is 0 Å². The van der Waals surface area contributed by atoms with Crippen LogP contribution in [0.5, 0.6) is 0 Å². The molecule has 0 amide bonds. The molecule has 3 heterocycles. The van der Waals surface area contributed by atoms with Crippen LogP contribution in [0.2, 0.25) is 0 Å². The molecule has 0 atom stereocenters. The molecule has 9 heteroatoms. The van der Waals surface area contributed by atoms with E-state index in [1.165, 1.54) is 11.3 Å². The Bertz CT molecular complexity index is 842. The average molecular weight is 326 g/mol. The molecule has 0 radical (unpaired) electrons. The highest BCUT2D eigenvalue weighted by Gasteiger charge is 2.16. The summed E-state index contributed by atoms with van der Waals surface area (Å²) in [6, 6.07) is 7.56. The maximum Gasteiger partial charge on any atom is 0.230 e. The van der Waals surface area contributed by atoms with Crippen LogP contribution in [0.4, 0.5) is 11.9 Å². The van der Waals surface area contributed by atoms with Gasteiger partial charge in [-0.15, -0.1) is 5.10 Å². The predicted molar refractivity (Wildman–Crippen MR) is 88.1 cm³/mol. The van der Waals surface area contributed by atoms with Gasteiger partial charge in [-0.2, -0.15) is 15.0 Å². The molecule has 9 nitrogen and oxygen atoms in total. The molecular weight excluding hydrogens is 308 g/mol. The second-order valence-electron chi connectivity index (χ2n) is 5.68. The topological polar surface area (TPSA) is 108 Å². The summed E-state index contributed by atoms with van der Waals surface area (Å²) in [6.07, 6.45) is 3.52. The number of nitrogen functional groups attached to an aromatic ring is 1. The molecule has 0 bridgehead atoms. The number of hydrogen-bond acceptors (Lipinski definition) is 8. The van der Waals surface area contributed by atoms with E-state index < -0.39 is 0 Å². The number of nitrogens with zero attached hydrogens (tertiary/aromatic N) is 7. The van der Waals surface area contributed by atoms with Crippen molar-refractivity contribution < 1.29 is 4.84 Å². The normalized spacial score (nSPS) is 14.9. The minimum atomic E-state index is 0.140. The number of benzene rings is 1. The molecule has 1 aliphatic rings. The van der Waals surface area contributed by atoms with Crippen molar-refractivity contribution in [2.45, 2.75) is 25.9 Å². The highest BCUT2D eigenvalue weighted by molar-refractivity contribution is 5.73. The zero-order chi connectivity index (χ0) is 16.4. The number of hydrogen-bond donors (Lipinski definition) is 1. The van der Waals surface area contributed by atoms with E-state index in [2.05, 4.69) is 30.2 Å². The van der Waals surface area contributed by atoms with Gasteiger partial charge in [-0.1, -0.05) is 17.0 Å². The van der Waals surface area contributed by atoms with Gasteiger partial charge in [-0.05, 0) is 36.6 Å². The number of anilines is 2. The number of aromatic nitrogens is 6. The zero-order valence-electron chi connectivity index (χ0n) is 13.2. The summed E-state index contributed by atoms with van der Waals surface area (Å²) in [5.74, 6) is 1.29. The van der Waals surface area contributed by atoms with Crippen LogP contribution in [-0.4, -0.2) is 43.2 Å². The van der Waals surface area contributed by atoms with Crippen LogP contribution in [0, 0.1) is 0 Å². The minimum Gasteiger partial charge on any atom is -0.387 e. The molecule has 1 saturated heterocycles. The van der Waals surface area contributed by atoms with Crippen LogP contribution < -0.4 is 15.5 Å². The lowest BCUT2D eigenvalue weighted by Crippen LogP contribution is -2.32. The fraction of sp³-hybridized carbons (Fsp3) is 0.400. The lowest BCUT2D eigenvalue weighted by Gasteiger charge is -2.26. The first-order valence-corrected chi connectivity index (χ1v) is 7.99. The highest BCUT2D eigenvalue weighted by Crippen LogP contribution is 2.16. The van der Waals surface area contributed by atoms with Gasteiger partial charge in [0.15, 0.2) is 12.4 Å². The molecule has 24 heavy (non-hydrogen) atoms. The molecule has 0 saturated carbocycles. The second kappa shape index (κ2) is 6.26. The fourth-order valence-electron chi connectivity index (χ4n) is 2.79. The second-order valence-corrected chi connectivity index (χ2v) is 5.68. The van der Waals surface area contributed by atoms with Gasteiger partial charge in [-0.25, -0.2) is 0 Å². The molecular formula is C15H18N8O. The van der Waals surface area contributed by atoms with Gasteiger partial charge in [0.2, 0.25) is 11.9 Å². The predicted octanol–water partition coefficient (Wildman–Crippen LogP) is 0.818. The quantitative estimate of drug-likeness (QED) is 0.750. The number of para-hydroxylation sites is 1. The van der Waals surface area contributed by atoms with Crippen molar-refractivity contribution in [1.29, 1.82) is 0 Å². The third-order valence-corrected chi connectivity index (χ3v) is 3.96. The van der Waals surface area contributed by atoms with Gasteiger partial charge in [0.1, 0.15) is 11.0 Å². The van der Waals surface area contributed by atoms with Gasteiger partial charge < -0.3 is 15.5 Å². The summed E-state index contributed by atoms with van der Waals surface area (Å²) in [7, 11) is 0. The SMILES string of the molecule is Nc1nc(COn2nnc3ccccc32)nc(N2CCCCC2)n1. The molecule has 0 spiro atoms. The minimum absolute atomic E-state index is 0.140. The molecule has 1 aliphatic heterocycles. The van der Waals surface area contributed by atoms with E-state index in [9.17, 15) is 0 Å². The van der Waals surface area contributed by atoms with Crippen molar-refractivity contribution in [3.63, 3.8) is 0 Å². The van der Waals surface area contributed by atoms with E-state index >= 15 is 0 Å². The van der Waals surface area contributed by atoms with E-state index in [1.54, 1.807) is 0 Å². The van der Waals surface area contributed by atoms with E-state index in [0.717, 1.165) is 37.0 Å². The number of rotatable bonds is 4. The number of fused-ring (bicyclic) bond motifs is 1. The molecule has 2 N–H and O–H groups in total.